The van der Waals surface area contributed by atoms with Crippen LogP contribution in [0.25, 0.3) is 0 Å². The minimum Gasteiger partial charge on any atom is -0.390 e. The zero-order valence-electron chi connectivity index (χ0n) is 14.5. The number of hydrogen-bond donors (Lipinski definition) is 1. The molecule has 8 atom stereocenters. The molecule has 4 rings (SSSR count). The summed E-state index contributed by atoms with van der Waals surface area (Å²) in [7, 11) is 0. The molecule has 0 aromatic heterocycles. The molecule has 4 aliphatic carbocycles. The van der Waals surface area contributed by atoms with Crippen LogP contribution in [-0.4, -0.2) is 16.5 Å². The van der Waals surface area contributed by atoms with Gasteiger partial charge in [-0.15, -0.1) is 0 Å². The molecule has 0 saturated heterocycles. The van der Waals surface area contributed by atoms with Crippen LogP contribution in [0.4, 0.5) is 0 Å². The number of ketones is 1. The van der Waals surface area contributed by atoms with E-state index in [1.807, 2.05) is 6.92 Å². The van der Waals surface area contributed by atoms with Gasteiger partial charge >= 0.3 is 0 Å². The van der Waals surface area contributed by atoms with E-state index in [-0.39, 0.29) is 5.41 Å². The van der Waals surface area contributed by atoms with Gasteiger partial charge in [0.1, 0.15) is 5.78 Å². The highest BCUT2D eigenvalue weighted by atomic mass is 16.3. The second-order valence-corrected chi connectivity index (χ2v) is 9.63. The van der Waals surface area contributed by atoms with E-state index >= 15 is 0 Å². The molecular weight excluding hydrogens is 272 g/mol. The number of Topliss-reactive ketones (excluding diaryl/α,β-unsaturated/α-hetero) is 1. The van der Waals surface area contributed by atoms with E-state index in [4.69, 9.17) is 0 Å². The molecule has 0 aromatic rings. The quantitative estimate of drug-likeness (QED) is 0.788. The zero-order valence-corrected chi connectivity index (χ0v) is 14.5. The summed E-state index contributed by atoms with van der Waals surface area (Å²) in [6.07, 6.45) is 9.68. The second-order valence-electron chi connectivity index (χ2n) is 9.63. The van der Waals surface area contributed by atoms with E-state index in [1.54, 1.807) is 0 Å². The largest absolute Gasteiger partial charge is 0.390 e. The third-order valence-corrected chi connectivity index (χ3v) is 8.39. The van der Waals surface area contributed by atoms with Gasteiger partial charge in [-0.1, -0.05) is 6.92 Å². The summed E-state index contributed by atoms with van der Waals surface area (Å²) >= 11 is 0. The number of rotatable bonds is 1. The number of carbonyl (C=O) groups is 1. The lowest BCUT2D eigenvalue weighted by atomic mass is 9.51. The van der Waals surface area contributed by atoms with Crippen LogP contribution in [0.1, 0.15) is 72.1 Å². The molecule has 2 nitrogen and oxygen atoms in total. The Labute approximate surface area is 135 Å². The maximum Gasteiger partial charge on any atom is 0.133 e. The normalized spacial score (nSPS) is 57.1. The molecule has 4 fully saturated rings. The molecular formula is C20H32O2. The Hall–Kier alpha value is -0.370. The Morgan fingerprint density at radius 3 is 2.45 bits per heavy atom. The molecule has 0 heterocycles. The van der Waals surface area contributed by atoms with E-state index in [9.17, 15) is 9.90 Å². The highest BCUT2D eigenvalue weighted by Crippen LogP contribution is 2.65. The molecule has 0 aromatic carbocycles. The summed E-state index contributed by atoms with van der Waals surface area (Å²) in [5.74, 6) is 4.71. The SMILES string of the molecule is CC(=O)[C@H]1CC[C@H]2[C@@H]3CC[C@@H]4C[C@](C)(O)C[C@@H]4[C@H]3CC[C@]12C. The molecule has 4 aliphatic rings. The molecule has 124 valence electrons. The molecule has 1 N–H and O–H groups in total. The van der Waals surface area contributed by atoms with Gasteiger partial charge in [-0.25, -0.2) is 0 Å². The van der Waals surface area contributed by atoms with Gasteiger partial charge in [-0.2, -0.15) is 0 Å². The number of aliphatic hydroxyl groups is 1. The second kappa shape index (κ2) is 4.82. The van der Waals surface area contributed by atoms with Gasteiger partial charge in [0, 0.05) is 5.92 Å². The van der Waals surface area contributed by atoms with Crippen molar-refractivity contribution in [1.82, 2.24) is 0 Å². The highest BCUT2D eigenvalue weighted by Gasteiger charge is 2.59. The van der Waals surface area contributed by atoms with Crippen molar-refractivity contribution in [1.29, 1.82) is 0 Å². The molecule has 0 amide bonds. The van der Waals surface area contributed by atoms with E-state index < -0.39 is 5.60 Å². The fourth-order valence-electron chi connectivity index (χ4n) is 7.63. The van der Waals surface area contributed by atoms with Crippen LogP contribution in [-0.2, 0) is 4.79 Å². The molecule has 0 radical (unpaired) electrons. The van der Waals surface area contributed by atoms with Gasteiger partial charge in [-0.05, 0) is 100 Å². The monoisotopic (exact) mass is 304 g/mol. The van der Waals surface area contributed by atoms with E-state index in [1.165, 1.54) is 32.1 Å². The standard InChI is InChI=1S/C20H32O2/c1-12(21)17-6-7-18-15-5-4-13-10-19(2,22)11-16(13)14(15)8-9-20(17,18)3/h13-18,22H,4-11H2,1-3H3/t13-,14+,15-,16+,17-,18+,19+,20-/m1/s1. The molecule has 0 aliphatic heterocycles. The zero-order chi connectivity index (χ0) is 15.7. The van der Waals surface area contributed by atoms with Crippen molar-refractivity contribution in [3.8, 4) is 0 Å². The fraction of sp³-hybridized carbons (Fsp3) is 0.950. The van der Waals surface area contributed by atoms with Gasteiger partial charge < -0.3 is 5.11 Å². The Bertz CT molecular complexity index is 482. The first-order chi connectivity index (χ1) is 10.3. The van der Waals surface area contributed by atoms with Gasteiger partial charge in [0.15, 0.2) is 0 Å². The average molecular weight is 304 g/mol. The summed E-state index contributed by atoms with van der Waals surface area (Å²) in [6, 6.07) is 0. The van der Waals surface area contributed by atoms with Crippen LogP contribution in [0.15, 0.2) is 0 Å². The molecule has 0 unspecified atom stereocenters. The predicted molar refractivity (Wildman–Crippen MR) is 87.3 cm³/mol. The Balaban J connectivity index is 1.59. The predicted octanol–water partition coefficient (Wildman–Crippen LogP) is 4.21. The van der Waals surface area contributed by atoms with Crippen molar-refractivity contribution in [3.05, 3.63) is 0 Å². The summed E-state index contributed by atoms with van der Waals surface area (Å²) in [5.41, 5.74) is -0.135. The third kappa shape index (κ3) is 2.05. The topological polar surface area (TPSA) is 37.3 Å². The first-order valence-electron chi connectivity index (χ1n) is 9.55. The maximum atomic E-state index is 12.1. The van der Waals surface area contributed by atoms with Gasteiger partial charge in [-0.3, -0.25) is 4.79 Å². The molecule has 0 bridgehead atoms. The molecule has 22 heavy (non-hydrogen) atoms. The lowest BCUT2D eigenvalue weighted by Gasteiger charge is -2.53. The lowest BCUT2D eigenvalue weighted by molar-refractivity contribution is -0.127. The lowest BCUT2D eigenvalue weighted by Crippen LogP contribution is -2.47. The minimum absolute atomic E-state index is 0.279. The summed E-state index contributed by atoms with van der Waals surface area (Å²) in [5, 5.41) is 10.5. The van der Waals surface area contributed by atoms with E-state index in [0.717, 1.165) is 48.9 Å². The third-order valence-electron chi connectivity index (χ3n) is 8.39. The fourth-order valence-corrected chi connectivity index (χ4v) is 7.63. The van der Waals surface area contributed by atoms with Crippen LogP contribution >= 0.6 is 0 Å². The van der Waals surface area contributed by atoms with Gasteiger partial charge in [0.2, 0.25) is 0 Å². The van der Waals surface area contributed by atoms with Gasteiger partial charge in [0.25, 0.3) is 0 Å². The first kappa shape index (κ1) is 15.2. The highest BCUT2D eigenvalue weighted by molar-refractivity contribution is 5.79. The number of fused-ring (bicyclic) bond motifs is 5. The number of carbonyl (C=O) groups excluding carboxylic acids is 1. The van der Waals surface area contributed by atoms with E-state index in [0.29, 0.717) is 11.7 Å². The van der Waals surface area contributed by atoms with Crippen molar-refractivity contribution in [3.63, 3.8) is 0 Å². The molecule has 2 heteroatoms. The smallest absolute Gasteiger partial charge is 0.133 e. The summed E-state index contributed by atoms with van der Waals surface area (Å²) < 4.78 is 0. The summed E-state index contributed by atoms with van der Waals surface area (Å²) in [4.78, 5) is 12.1. The number of hydrogen-bond acceptors (Lipinski definition) is 2. The van der Waals surface area contributed by atoms with Crippen LogP contribution < -0.4 is 0 Å². The van der Waals surface area contributed by atoms with Crippen molar-refractivity contribution < 1.29 is 9.90 Å². The molecule has 0 spiro atoms. The Kier molecular flexibility index (Phi) is 3.32. The van der Waals surface area contributed by atoms with E-state index in [2.05, 4.69) is 13.8 Å². The van der Waals surface area contributed by atoms with Gasteiger partial charge in [0.05, 0.1) is 5.60 Å². The van der Waals surface area contributed by atoms with Crippen LogP contribution in [0.5, 0.6) is 0 Å². The van der Waals surface area contributed by atoms with Crippen molar-refractivity contribution >= 4 is 5.78 Å². The summed E-state index contributed by atoms with van der Waals surface area (Å²) in [6.45, 7) is 6.29. The maximum absolute atomic E-state index is 12.1. The van der Waals surface area contributed by atoms with Crippen LogP contribution in [0.2, 0.25) is 0 Å². The van der Waals surface area contributed by atoms with Crippen LogP contribution in [0, 0.1) is 40.9 Å². The molecule has 4 saturated carbocycles. The van der Waals surface area contributed by atoms with Crippen LogP contribution in [0.3, 0.4) is 0 Å². The van der Waals surface area contributed by atoms with Crippen molar-refractivity contribution in [2.24, 2.45) is 40.9 Å². The Morgan fingerprint density at radius 2 is 1.73 bits per heavy atom. The average Bonchev–Trinajstić information content (AvgIpc) is 2.93. The first-order valence-corrected chi connectivity index (χ1v) is 9.55. The van der Waals surface area contributed by atoms with Crippen molar-refractivity contribution in [2.45, 2.75) is 77.7 Å². The Morgan fingerprint density at radius 1 is 0.955 bits per heavy atom. The van der Waals surface area contributed by atoms with Crippen molar-refractivity contribution in [2.75, 3.05) is 0 Å². The minimum atomic E-state index is -0.414.